The molecule has 0 bridgehead atoms. The van der Waals surface area contributed by atoms with Crippen molar-refractivity contribution in [3.05, 3.63) is 83.4 Å². The number of amides is 2. The predicted octanol–water partition coefficient (Wildman–Crippen LogP) is 7.51. The summed E-state index contributed by atoms with van der Waals surface area (Å²) in [5, 5.41) is 12.2. The fourth-order valence-corrected chi connectivity index (χ4v) is 8.02. The van der Waals surface area contributed by atoms with Crippen LogP contribution in [0.5, 0.6) is 0 Å². The number of carboxylic acid groups (broad SMARTS) is 1. The average molecular weight is 692 g/mol. The summed E-state index contributed by atoms with van der Waals surface area (Å²) in [5.41, 5.74) is 5.23. The molecule has 2 aromatic heterocycles. The molecule has 2 aliphatic carbocycles. The Balaban J connectivity index is 1.08. The van der Waals surface area contributed by atoms with E-state index in [4.69, 9.17) is 9.97 Å². The molecule has 270 valence electrons. The topological polar surface area (TPSA) is 125 Å². The van der Waals surface area contributed by atoms with Crippen LogP contribution in [0.3, 0.4) is 0 Å². The fraction of sp³-hybridized carbons (Fsp3) is 0.524. The van der Waals surface area contributed by atoms with Gasteiger partial charge in [-0.1, -0.05) is 83.7 Å². The van der Waals surface area contributed by atoms with Crippen LogP contribution < -0.4 is 5.32 Å². The predicted molar refractivity (Wildman–Crippen MR) is 199 cm³/mol. The number of nitrogens with zero attached hydrogens (tertiary/aromatic N) is 4. The van der Waals surface area contributed by atoms with E-state index in [1.54, 1.807) is 6.07 Å². The molecule has 1 unspecified atom stereocenters. The van der Waals surface area contributed by atoms with E-state index in [1.807, 2.05) is 42.7 Å². The van der Waals surface area contributed by atoms with Crippen LogP contribution >= 0.6 is 0 Å². The van der Waals surface area contributed by atoms with Crippen molar-refractivity contribution in [3.63, 3.8) is 0 Å². The number of aliphatic carboxylic acids is 1. The molecule has 3 aromatic rings. The van der Waals surface area contributed by atoms with Gasteiger partial charge < -0.3 is 15.3 Å². The van der Waals surface area contributed by atoms with Gasteiger partial charge in [0.1, 0.15) is 6.04 Å². The summed E-state index contributed by atoms with van der Waals surface area (Å²) in [7, 11) is 0. The highest BCUT2D eigenvalue weighted by atomic mass is 16.4. The number of rotatable bonds is 11. The molecule has 1 saturated carbocycles. The van der Waals surface area contributed by atoms with Gasteiger partial charge in [0.25, 0.3) is 5.91 Å². The van der Waals surface area contributed by atoms with Gasteiger partial charge in [0, 0.05) is 60.3 Å². The van der Waals surface area contributed by atoms with Crippen LogP contribution in [0.15, 0.2) is 61.1 Å². The van der Waals surface area contributed by atoms with Crippen LogP contribution in [0.25, 0.3) is 17.0 Å². The van der Waals surface area contributed by atoms with Crippen molar-refractivity contribution in [1.29, 1.82) is 0 Å². The van der Waals surface area contributed by atoms with Crippen LogP contribution in [0, 0.1) is 23.7 Å². The Kier molecular flexibility index (Phi) is 11.3. The van der Waals surface area contributed by atoms with E-state index in [-0.39, 0.29) is 30.8 Å². The Labute approximate surface area is 302 Å². The molecule has 51 heavy (non-hydrogen) atoms. The number of carbonyl (C=O) groups excluding carboxylic acids is 2. The number of likely N-dealkylation sites (tertiary alicyclic amines) is 1. The van der Waals surface area contributed by atoms with Crippen molar-refractivity contribution in [2.24, 2.45) is 23.7 Å². The molecular weight excluding hydrogens is 638 g/mol. The number of carbonyl (C=O) groups is 3. The first-order valence-corrected chi connectivity index (χ1v) is 18.9. The second-order valence-corrected chi connectivity index (χ2v) is 16.0. The minimum atomic E-state index is -0.922. The molecule has 1 aliphatic heterocycles. The second kappa shape index (κ2) is 15.9. The quantitative estimate of drug-likeness (QED) is 0.213. The molecule has 1 aromatic carbocycles. The zero-order valence-corrected chi connectivity index (χ0v) is 30.6. The number of nitrogens with one attached hydrogen (secondary N) is 1. The Hall–Kier alpha value is -4.40. The highest BCUT2D eigenvalue weighted by Gasteiger charge is 2.39. The lowest BCUT2D eigenvalue weighted by Gasteiger charge is -2.39. The average Bonchev–Trinajstić information content (AvgIpc) is 3.11. The van der Waals surface area contributed by atoms with Crippen LogP contribution in [0.2, 0.25) is 0 Å². The van der Waals surface area contributed by atoms with Crippen LogP contribution in [0.4, 0.5) is 0 Å². The highest BCUT2D eigenvalue weighted by Crippen LogP contribution is 2.42. The summed E-state index contributed by atoms with van der Waals surface area (Å²) in [6.45, 7) is 8.72. The number of benzene rings is 1. The Morgan fingerprint density at radius 2 is 1.59 bits per heavy atom. The molecule has 2 amide bonds. The largest absolute Gasteiger partial charge is 0.481 e. The van der Waals surface area contributed by atoms with Crippen molar-refractivity contribution in [2.75, 3.05) is 13.1 Å². The van der Waals surface area contributed by atoms with E-state index >= 15 is 0 Å². The third-order valence-corrected chi connectivity index (χ3v) is 11.3. The molecule has 1 saturated heterocycles. The summed E-state index contributed by atoms with van der Waals surface area (Å²) < 4.78 is 0. The van der Waals surface area contributed by atoms with Gasteiger partial charge >= 0.3 is 5.97 Å². The summed E-state index contributed by atoms with van der Waals surface area (Å²) in [6.07, 6.45) is 19.9. The molecule has 6 rings (SSSR count). The molecule has 2 fully saturated rings. The van der Waals surface area contributed by atoms with Gasteiger partial charge in [0.15, 0.2) is 5.82 Å². The smallest absolute Gasteiger partial charge is 0.310 e. The first-order valence-electron chi connectivity index (χ1n) is 18.9. The third kappa shape index (κ3) is 8.92. The highest BCUT2D eigenvalue weighted by molar-refractivity contribution is 5.97. The van der Waals surface area contributed by atoms with Gasteiger partial charge in [-0.15, -0.1) is 0 Å². The van der Waals surface area contributed by atoms with Gasteiger partial charge in [-0.25, -0.2) is 9.97 Å². The number of pyridine rings is 1. The number of aromatic nitrogens is 3. The van der Waals surface area contributed by atoms with E-state index in [9.17, 15) is 19.5 Å². The van der Waals surface area contributed by atoms with Gasteiger partial charge in [-0.2, -0.15) is 0 Å². The van der Waals surface area contributed by atoms with Gasteiger partial charge in [-0.3, -0.25) is 19.4 Å². The van der Waals surface area contributed by atoms with Crippen LogP contribution in [0.1, 0.15) is 113 Å². The molecule has 0 radical (unpaired) electrons. The van der Waals surface area contributed by atoms with Gasteiger partial charge in [0.2, 0.25) is 5.91 Å². The Morgan fingerprint density at radius 3 is 2.16 bits per heavy atom. The second-order valence-electron chi connectivity index (χ2n) is 16.0. The van der Waals surface area contributed by atoms with Crippen molar-refractivity contribution in [2.45, 2.75) is 103 Å². The molecule has 0 spiro atoms. The number of hydrogen-bond acceptors (Lipinski definition) is 6. The van der Waals surface area contributed by atoms with E-state index in [0.717, 1.165) is 53.0 Å². The molecule has 2 N–H and O–H groups in total. The monoisotopic (exact) mass is 691 g/mol. The van der Waals surface area contributed by atoms with E-state index < -0.39 is 23.8 Å². The summed E-state index contributed by atoms with van der Waals surface area (Å²) in [5.74, 6) is 1.06. The number of carboxylic acids is 1. The zero-order valence-electron chi connectivity index (χ0n) is 30.6. The Bertz CT molecular complexity index is 1700. The number of hydrogen-bond donors (Lipinski definition) is 2. The molecule has 2 atom stereocenters. The van der Waals surface area contributed by atoms with Crippen molar-refractivity contribution in [3.8, 4) is 11.4 Å². The van der Waals surface area contributed by atoms with Crippen molar-refractivity contribution in [1.82, 2.24) is 25.2 Å². The standard InChI is InChI=1S/C42H53N5O4/c1-5-6-27-7-11-29(12-8-27)30-15-17-31(18-16-30)34-23-44-38(45-24-34)32-13-9-28(10-14-32)21-36(40(49)47-25-35(26-47)41(50)51)46-39(48)33-19-20-37(43-22-33)42(2,3)4/h9-10,13-14,17,19-20,22-24,27,29-30,35-36H,5-8,11-12,15-16,18,21,25-26H2,1-4H3,(H,46,48)(H,50,51)/t27?,29?,30?,36-/m0/s1. The lowest BCUT2D eigenvalue weighted by atomic mass is 9.70. The summed E-state index contributed by atoms with van der Waals surface area (Å²) in [6, 6.07) is 10.4. The minimum absolute atomic E-state index is 0.131. The van der Waals surface area contributed by atoms with Crippen molar-refractivity contribution < 1.29 is 19.5 Å². The Morgan fingerprint density at radius 1 is 0.882 bits per heavy atom. The fourth-order valence-electron chi connectivity index (χ4n) is 8.02. The summed E-state index contributed by atoms with van der Waals surface area (Å²) in [4.78, 5) is 53.5. The number of allylic oxidation sites excluding steroid dienone is 2. The maximum atomic E-state index is 13.5. The minimum Gasteiger partial charge on any atom is -0.481 e. The maximum Gasteiger partial charge on any atom is 0.310 e. The lowest BCUT2D eigenvalue weighted by Crippen LogP contribution is -2.59. The molecule has 9 nitrogen and oxygen atoms in total. The molecular formula is C42H53N5O4. The first kappa shape index (κ1) is 36.4. The summed E-state index contributed by atoms with van der Waals surface area (Å²) >= 11 is 0. The van der Waals surface area contributed by atoms with Crippen molar-refractivity contribution >= 4 is 23.4 Å². The molecule has 3 aliphatic rings. The van der Waals surface area contributed by atoms with Crippen LogP contribution in [-0.2, 0) is 21.4 Å². The maximum absolute atomic E-state index is 13.5. The zero-order chi connectivity index (χ0) is 36.1. The third-order valence-electron chi connectivity index (χ3n) is 11.3. The van der Waals surface area contributed by atoms with Gasteiger partial charge in [-0.05, 0) is 73.1 Å². The first-order chi connectivity index (χ1) is 24.5. The van der Waals surface area contributed by atoms with Crippen LogP contribution in [-0.4, -0.2) is 61.9 Å². The van der Waals surface area contributed by atoms with E-state index in [1.165, 1.54) is 61.6 Å². The van der Waals surface area contributed by atoms with E-state index in [2.05, 4.69) is 44.1 Å². The SMILES string of the molecule is CCCC1CCC(C2CC=C(c3cnc(-c4ccc(C[C@H](NC(=O)c5ccc(C(C)(C)C)nc5)C(=O)N5CC(C(=O)O)C5)cc4)nc3)CC2)CC1. The van der Waals surface area contributed by atoms with E-state index in [0.29, 0.717) is 11.4 Å². The molecule has 3 heterocycles. The normalized spacial score (nSPS) is 21.7. The van der Waals surface area contributed by atoms with Gasteiger partial charge in [0.05, 0.1) is 11.5 Å². The lowest BCUT2D eigenvalue weighted by molar-refractivity contribution is -0.153. The molecule has 9 heteroatoms.